The van der Waals surface area contributed by atoms with Gasteiger partial charge in [-0.05, 0) is 47.2 Å². The number of hydrogen-bond donors (Lipinski definition) is 2. The molecule has 0 fully saturated rings. The van der Waals surface area contributed by atoms with Crippen molar-refractivity contribution < 1.29 is 9.90 Å². The second-order valence-electron chi connectivity index (χ2n) is 6.03. The van der Waals surface area contributed by atoms with E-state index in [1.54, 1.807) is 0 Å². The summed E-state index contributed by atoms with van der Waals surface area (Å²) in [5, 5.41) is 9.59. The number of carbonyl (C=O) groups is 1. The molecule has 0 unspecified atom stereocenters. The Balaban J connectivity index is 2.37. The van der Waals surface area contributed by atoms with Crippen LogP contribution >= 0.6 is 0 Å². The van der Waals surface area contributed by atoms with Crippen LogP contribution in [0.15, 0.2) is 36.4 Å². The van der Waals surface area contributed by atoms with Gasteiger partial charge in [0.15, 0.2) is 0 Å². The number of aryl methyl sites for hydroxylation is 2. The van der Waals surface area contributed by atoms with E-state index in [1.165, 1.54) is 0 Å². The van der Waals surface area contributed by atoms with Crippen molar-refractivity contribution in [3.05, 3.63) is 58.7 Å². The Hall–Kier alpha value is -2.13. The molecule has 108 valence electrons. The smallest absolute Gasteiger partial charge is 0.324 e. The van der Waals surface area contributed by atoms with Gasteiger partial charge < -0.3 is 10.8 Å². The Morgan fingerprint density at radius 3 is 1.81 bits per heavy atom. The Labute approximate surface area is 124 Å². The molecule has 0 bridgehead atoms. The number of benzene rings is 2. The van der Waals surface area contributed by atoms with Crippen LogP contribution in [0.4, 0.5) is 0 Å². The largest absolute Gasteiger partial charge is 0.480 e. The first-order chi connectivity index (χ1) is 9.92. The van der Waals surface area contributed by atoms with Crippen molar-refractivity contribution in [3.8, 4) is 11.1 Å². The Morgan fingerprint density at radius 2 is 1.43 bits per heavy atom. The van der Waals surface area contributed by atoms with Gasteiger partial charge in [-0.1, -0.05) is 36.4 Å². The predicted octanol–water partition coefficient (Wildman–Crippen LogP) is 2.85. The van der Waals surface area contributed by atoms with Crippen molar-refractivity contribution >= 4 is 5.97 Å². The summed E-state index contributed by atoms with van der Waals surface area (Å²) in [5.41, 5.74) is 11.7. The average Bonchev–Trinajstić information content (AvgIpc) is 2.54. The molecule has 3 N–H and O–H groups in total. The first-order valence-electron chi connectivity index (χ1n) is 7.12. The van der Waals surface area contributed by atoms with E-state index in [4.69, 9.17) is 5.73 Å². The Kier molecular flexibility index (Phi) is 3.10. The third kappa shape index (κ3) is 2.14. The number of carboxylic acids is 1. The molecule has 3 rings (SSSR count). The molecule has 3 heteroatoms. The molecule has 0 atom stereocenters. The first-order valence-corrected chi connectivity index (χ1v) is 7.12. The van der Waals surface area contributed by atoms with Gasteiger partial charge in [-0.15, -0.1) is 0 Å². The third-order valence-electron chi connectivity index (χ3n) is 4.41. The molecule has 0 aliphatic heterocycles. The van der Waals surface area contributed by atoms with E-state index >= 15 is 0 Å². The molecule has 2 aromatic carbocycles. The van der Waals surface area contributed by atoms with Gasteiger partial charge in [-0.2, -0.15) is 0 Å². The Morgan fingerprint density at radius 1 is 1.00 bits per heavy atom. The minimum absolute atomic E-state index is 0.355. The summed E-state index contributed by atoms with van der Waals surface area (Å²) < 4.78 is 0. The van der Waals surface area contributed by atoms with Crippen molar-refractivity contribution in [1.29, 1.82) is 0 Å². The van der Waals surface area contributed by atoms with Gasteiger partial charge in [0.2, 0.25) is 0 Å². The number of rotatable bonds is 1. The summed E-state index contributed by atoms with van der Waals surface area (Å²) in [6.07, 6.45) is 0.709. The highest BCUT2D eigenvalue weighted by Crippen LogP contribution is 2.39. The van der Waals surface area contributed by atoms with Gasteiger partial charge in [0.1, 0.15) is 5.54 Å². The monoisotopic (exact) mass is 281 g/mol. The highest BCUT2D eigenvalue weighted by atomic mass is 16.4. The number of aliphatic carboxylic acids is 1. The molecule has 21 heavy (non-hydrogen) atoms. The molecule has 1 aliphatic carbocycles. The van der Waals surface area contributed by atoms with Crippen molar-refractivity contribution in [2.45, 2.75) is 32.2 Å². The predicted molar refractivity (Wildman–Crippen MR) is 83.3 cm³/mol. The maximum Gasteiger partial charge on any atom is 0.324 e. The van der Waals surface area contributed by atoms with E-state index in [2.05, 4.69) is 26.0 Å². The molecule has 0 amide bonds. The molecule has 3 nitrogen and oxygen atoms in total. The van der Waals surface area contributed by atoms with Crippen LogP contribution in [0.1, 0.15) is 22.3 Å². The molecule has 1 aliphatic rings. The quantitative estimate of drug-likeness (QED) is 0.845. The van der Waals surface area contributed by atoms with Crippen LogP contribution < -0.4 is 5.73 Å². The van der Waals surface area contributed by atoms with Crippen LogP contribution in [-0.2, 0) is 17.6 Å². The third-order valence-corrected chi connectivity index (χ3v) is 4.41. The highest BCUT2D eigenvalue weighted by molar-refractivity contribution is 5.85. The number of carboxylic acid groups (broad SMARTS) is 1. The van der Waals surface area contributed by atoms with Crippen LogP contribution in [0.25, 0.3) is 11.1 Å². The molecular weight excluding hydrogens is 262 g/mol. The van der Waals surface area contributed by atoms with Gasteiger partial charge in [0.25, 0.3) is 0 Å². The SMILES string of the molecule is Cc1cccc2c1-c1c(C)cccc1CC(N)(C(=O)O)C2. The van der Waals surface area contributed by atoms with Crippen molar-refractivity contribution in [3.63, 3.8) is 0 Å². The van der Waals surface area contributed by atoms with Gasteiger partial charge in [0, 0.05) is 12.8 Å². The second kappa shape index (κ2) is 4.71. The van der Waals surface area contributed by atoms with Crippen LogP contribution in [0, 0.1) is 13.8 Å². The van der Waals surface area contributed by atoms with Crippen LogP contribution in [-0.4, -0.2) is 16.6 Å². The summed E-state index contributed by atoms with van der Waals surface area (Å²) in [6, 6.07) is 12.1. The highest BCUT2D eigenvalue weighted by Gasteiger charge is 2.38. The topological polar surface area (TPSA) is 63.3 Å². The fraction of sp³-hybridized carbons (Fsp3) is 0.278. The van der Waals surface area contributed by atoms with E-state index in [0.29, 0.717) is 12.8 Å². The summed E-state index contributed by atoms with van der Waals surface area (Å²) in [7, 11) is 0. The normalized spacial score (nSPS) is 15.8. The standard InChI is InChI=1S/C18H19NO2/c1-11-5-3-7-13-9-18(19,17(20)21)10-14-8-4-6-12(2)16(14)15(11)13/h3-8H,9-10,19H2,1-2H3,(H,20,21). The summed E-state index contributed by atoms with van der Waals surface area (Å²) >= 11 is 0. The Bertz CT molecular complexity index is 680. The molecule has 0 heterocycles. The van der Waals surface area contributed by atoms with Crippen LogP contribution in [0.5, 0.6) is 0 Å². The zero-order valence-corrected chi connectivity index (χ0v) is 12.3. The van der Waals surface area contributed by atoms with Crippen LogP contribution in [0.3, 0.4) is 0 Å². The van der Waals surface area contributed by atoms with Crippen LogP contribution in [0.2, 0.25) is 0 Å². The fourth-order valence-electron chi connectivity index (χ4n) is 3.36. The van der Waals surface area contributed by atoms with Gasteiger partial charge in [-0.3, -0.25) is 4.79 Å². The zero-order chi connectivity index (χ0) is 15.2. The minimum Gasteiger partial charge on any atom is -0.480 e. The van der Waals surface area contributed by atoms with E-state index in [9.17, 15) is 9.90 Å². The summed E-state index contributed by atoms with van der Waals surface area (Å²) in [6.45, 7) is 4.14. The lowest BCUT2D eigenvalue weighted by Crippen LogP contribution is -2.51. The molecule has 0 spiro atoms. The maximum absolute atomic E-state index is 11.7. The lowest BCUT2D eigenvalue weighted by Gasteiger charge is -2.23. The average molecular weight is 281 g/mol. The molecule has 0 saturated carbocycles. The first kappa shape index (κ1) is 13.8. The van der Waals surface area contributed by atoms with Crippen molar-refractivity contribution in [1.82, 2.24) is 0 Å². The van der Waals surface area contributed by atoms with Gasteiger partial charge in [-0.25, -0.2) is 0 Å². The minimum atomic E-state index is -1.25. The summed E-state index contributed by atoms with van der Waals surface area (Å²) in [5.74, 6) is -0.940. The van der Waals surface area contributed by atoms with E-state index < -0.39 is 11.5 Å². The van der Waals surface area contributed by atoms with Gasteiger partial charge >= 0.3 is 5.97 Å². The molecule has 0 radical (unpaired) electrons. The van der Waals surface area contributed by atoms with Crippen molar-refractivity contribution in [2.75, 3.05) is 0 Å². The number of nitrogens with two attached hydrogens (primary N) is 1. The zero-order valence-electron chi connectivity index (χ0n) is 12.3. The van der Waals surface area contributed by atoms with Gasteiger partial charge in [0.05, 0.1) is 0 Å². The second-order valence-corrected chi connectivity index (χ2v) is 6.03. The van der Waals surface area contributed by atoms with E-state index in [-0.39, 0.29) is 0 Å². The maximum atomic E-state index is 11.7. The number of fused-ring (bicyclic) bond motifs is 3. The summed E-state index contributed by atoms with van der Waals surface area (Å²) in [4.78, 5) is 11.7. The fourth-order valence-corrected chi connectivity index (χ4v) is 3.36. The van der Waals surface area contributed by atoms with E-state index in [0.717, 1.165) is 33.4 Å². The lowest BCUT2D eigenvalue weighted by atomic mass is 9.87. The number of hydrogen-bond acceptors (Lipinski definition) is 2. The van der Waals surface area contributed by atoms with Crippen molar-refractivity contribution in [2.24, 2.45) is 5.73 Å². The molecular formula is C18H19NO2. The molecule has 0 aromatic heterocycles. The molecule has 0 saturated heterocycles. The lowest BCUT2D eigenvalue weighted by molar-refractivity contribution is -0.143. The van der Waals surface area contributed by atoms with E-state index in [1.807, 2.05) is 24.3 Å². The molecule has 2 aromatic rings.